The van der Waals surface area contributed by atoms with Crippen LogP contribution in [0.4, 0.5) is 0 Å². The molecule has 4 rings (SSSR count). The van der Waals surface area contributed by atoms with E-state index >= 15 is 0 Å². The summed E-state index contributed by atoms with van der Waals surface area (Å²) in [7, 11) is 1.68. The van der Waals surface area contributed by atoms with Crippen LogP contribution in [0.25, 0.3) is 5.69 Å². The van der Waals surface area contributed by atoms with Crippen molar-refractivity contribution in [2.24, 2.45) is 0 Å². The molecule has 1 unspecified atom stereocenters. The molecule has 0 radical (unpaired) electrons. The van der Waals surface area contributed by atoms with E-state index in [1.807, 2.05) is 23.1 Å². The summed E-state index contributed by atoms with van der Waals surface area (Å²) in [5.74, 6) is 1.14. The van der Waals surface area contributed by atoms with Crippen LogP contribution in [0.5, 0.6) is 5.75 Å². The summed E-state index contributed by atoms with van der Waals surface area (Å²) in [6.07, 6.45) is 7.49. The number of aromatic nitrogens is 4. The molecule has 1 aliphatic heterocycles. The number of pyridine rings is 1. The molecule has 1 aliphatic rings. The first kappa shape index (κ1) is 16.3. The maximum atomic E-state index is 12.9. The van der Waals surface area contributed by atoms with Gasteiger partial charge in [-0.2, -0.15) is 0 Å². The van der Waals surface area contributed by atoms with Crippen molar-refractivity contribution in [1.82, 2.24) is 24.9 Å². The molecule has 1 aromatic carbocycles. The molecule has 0 N–H and O–H groups in total. The number of ether oxygens (including phenoxy) is 1. The second kappa shape index (κ2) is 6.95. The topological polar surface area (TPSA) is 73.1 Å². The lowest BCUT2D eigenvalue weighted by atomic mass is 9.97. The molecule has 1 saturated heterocycles. The van der Waals surface area contributed by atoms with Crippen LogP contribution < -0.4 is 4.74 Å². The molecule has 0 aliphatic carbocycles. The second-order valence-corrected chi connectivity index (χ2v) is 6.26. The molecule has 26 heavy (non-hydrogen) atoms. The number of amides is 1. The first-order valence-electron chi connectivity index (χ1n) is 8.50. The van der Waals surface area contributed by atoms with Gasteiger partial charge in [0.05, 0.1) is 37.0 Å². The van der Waals surface area contributed by atoms with E-state index in [4.69, 9.17) is 4.74 Å². The van der Waals surface area contributed by atoms with Gasteiger partial charge >= 0.3 is 0 Å². The Bertz CT molecular complexity index is 910. The smallest absolute Gasteiger partial charge is 0.255 e. The van der Waals surface area contributed by atoms with E-state index in [1.165, 1.54) is 0 Å². The lowest BCUT2D eigenvalue weighted by Gasteiger charge is -2.18. The first-order valence-corrected chi connectivity index (χ1v) is 8.50. The van der Waals surface area contributed by atoms with Crippen molar-refractivity contribution in [1.29, 1.82) is 0 Å². The monoisotopic (exact) mass is 349 g/mol. The molecule has 3 aromatic rings. The third kappa shape index (κ3) is 3.03. The molecular formula is C19H19N5O2. The van der Waals surface area contributed by atoms with Crippen LogP contribution >= 0.6 is 0 Å². The Balaban J connectivity index is 1.52. The Morgan fingerprint density at radius 3 is 2.96 bits per heavy atom. The van der Waals surface area contributed by atoms with E-state index in [-0.39, 0.29) is 11.8 Å². The highest BCUT2D eigenvalue weighted by atomic mass is 16.5. The highest BCUT2D eigenvalue weighted by Crippen LogP contribution is 2.33. The van der Waals surface area contributed by atoms with Crippen molar-refractivity contribution >= 4 is 5.91 Å². The van der Waals surface area contributed by atoms with Gasteiger partial charge in [0.1, 0.15) is 5.75 Å². The third-order valence-electron chi connectivity index (χ3n) is 4.71. The molecule has 0 spiro atoms. The molecule has 1 amide bonds. The van der Waals surface area contributed by atoms with Crippen molar-refractivity contribution in [2.75, 3.05) is 20.2 Å². The summed E-state index contributed by atoms with van der Waals surface area (Å²) < 4.78 is 7.05. The fourth-order valence-corrected chi connectivity index (χ4v) is 3.40. The van der Waals surface area contributed by atoms with E-state index < -0.39 is 0 Å². The fraction of sp³-hybridized carbons (Fsp3) is 0.263. The highest BCUT2D eigenvalue weighted by molar-refractivity contribution is 5.94. The quantitative estimate of drug-likeness (QED) is 0.723. The van der Waals surface area contributed by atoms with E-state index in [0.717, 1.165) is 24.3 Å². The van der Waals surface area contributed by atoms with Gasteiger partial charge in [-0.1, -0.05) is 23.4 Å². The Morgan fingerprint density at radius 2 is 2.15 bits per heavy atom. The summed E-state index contributed by atoms with van der Waals surface area (Å²) in [6.45, 7) is 1.39. The maximum Gasteiger partial charge on any atom is 0.255 e. The molecular weight excluding hydrogens is 330 g/mol. The van der Waals surface area contributed by atoms with Crippen molar-refractivity contribution in [2.45, 2.75) is 12.3 Å². The minimum Gasteiger partial charge on any atom is -0.496 e. The van der Waals surface area contributed by atoms with Gasteiger partial charge in [0, 0.05) is 25.2 Å². The lowest BCUT2D eigenvalue weighted by Crippen LogP contribution is -2.28. The molecule has 3 heterocycles. The first-order chi connectivity index (χ1) is 12.8. The predicted octanol–water partition coefficient (Wildman–Crippen LogP) is 2.30. The molecule has 7 nitrogen and oxygen atoms in total. The number of nitrogens with zero attached hydrogens (tertiary/aromatic N) is 5. The van der Waals surface area contributed by atoms with Gasteiger partial charge in [-0.15, -0.1) is 5.10 Å². The van der Waals surface area contributed by atoms with Crippen LogP contribution in [-0.2, 0) is 0 Å². The van der Waals surface area contributed by atoms with Crippen LogP contribution in [0.3, 0.4) is 0 Å². The largest absolute Gasteiger partial charge is 0.496 e. The number of carbonyl (C=O) groups is 1. The Labute approximate surface area is 151 Å². The van der Waals surface area contributed by atoms with Crippen molar-refractivity contribution < 1.29 is 9.53 Å². The zero-order valence-corrected chi connectivity index (χ0v) is 14.4. The number of para-hydroxylation sites is 1. The van der Waals surface area contributed by atoms with Crippen LogP contribution in [0, 0.1) is 0 Å². The summed E-state index contributed by atoms with van der Waals surface area (Å²) in [4.78, 5) is 19.0. The summed E-state index contributed by atoms with van der Waals surface area (Å²) in [5.41, 5.74) is 2.42. The predicted molar refractivity (Wildman–Crippen MR) is 95.4 cm³/mol. The second-order valence-electron chi connectivity index (χ2n) is 6.26. The minimum atomic E-state index is -0.0168. The van der Waals surface area contributed by atoms with Crippen LogP contribution in [-0.4, -0.2) is 51.0 Å². The van der Waals surface area contributed by atoms with Gasteiger partial charge in [0.25, 0.3) is 5.91 Å². The van der Waals surface area contributed by atoms with Crippen molar-refractivity contribution in [3.05, 3.63) is 66.2 Å². The van der Waals surface area contributed by atoms with Gasteiger partial charge in [-0.25, -0.2) is 4.68 Å². The van der Waals surface area contributed by atoms with Gasteiger partial charge in [0.15, 0.2) is 0 Å². The summed E-state index contributed by atoms with van der Waals surface area (Å²) >= 11 is 0. The lowest BCUT2D eigenvalue weighted by molar-refractivity contribution is 0.0790. The third-order valence-corrected chi connectivity index (χ3v) is 4.71. The van der Waals surface area contributed by atoms with Gasteiger partial charge in [0.2, 0.25) is 0 Å². The van der Waals surface area contributed by atoms with E-state index in [0.29, 0.717) is 17.8 Å². The van der Waals surface area contributed by atoms with Gasteiger partial charge < -0.3 is 9.64 Å². The molecule has 7 heteroatoms. The zero-order valence-electron chi connectivity index (χ0n) is 14.4. The number of methoxy groups -OCH3 is 1. The molecule has 0 saturated carbocycles. The van der Waals surface area contributed by atoms with Crippen LogP contribution in [0.15, 0.2) is 55.1 Å². The number of rotatable bonds is 4. The van der Waals surface area contributed by atoms with E-state index in [2.05, 4.69) is 21.4 Å². The van der Waals surface area contributed by atoms with Crippen molar-refractivity contribution in [3.63, 3.8) is 0 Å². The summed E-state index contributed by atoms with van der Waals surface area (Å²) in [6, 6.07) is 9.80. The average Bonchev–Trinajstić information content (AvgIpc) is 3.39. The van der Waals surface area contributed by atoms with Crippen molar-refractivity contribution in [3.8, 4) is 11.4 Å². The normalized spacial score (nSPS) is 16.7. The Hall–Kier alpha value is -3.22. The SMILES string of the molecule is COc1ccccc1C1CCN(C(=O)c2cncc(-n3ccnn3)c2)C1. The standard InChI is InChI=1S/C19H19N5O2/c1-26-18-5-3-2-4-17(18)14-6-8-23(13-14)19(25)15-10-16(12-20-11-15)24-9-7-21-22-24/h2-5,7,9-12,14H,6,8,13H2,1H3. The van der Waals surface area contributed by atoms with Crippen LogP contribution in [0.1, 0.15) is 28.3 Å². The average molecular weight is 349 g/mol. The molecule has 0 bridgehead atoms. The molecule has 2 aromatic heterocycles. The van der Waals surface area contributed by atoms with Gasteiger partial charge in [-0.05, 0) is 24.1 Å². The number of hydrogen-bond acceptors (Lipinski definition) is 5. The molecule has 1 atom stereocenters. The number of hydrogen-bond donors (Lipinski definition) is 0. The zero-order chi connectivity index (χ0) is 17.9. The minimum absolute atomic E-state index is 0.0168. The highest BCUT2D eigenvalue weighted by Gasteiger charge is 2.29. The number of carbonyl (C=O) groups excluding carboxylic acids is 1. The Morgan fingerprint density at radius 1 is 1.27 bits per heavy atom. The van der Waals surface area contributed by atoms with Crippen LogP contribution in [0.2, 0.25) is 0 Å². The van der Waals surface area contributed by atoms with E-state index in [1.54, 1.807) is 42.6 Å². The molecule has 132 valence electrons. The van der Waals surface area contributed by atoms with E-state index in [9.17, 15) is 4.79 Å². The fourth-order valence-electron chi connectivity index (χ4n) is 3.40. The number of likely N-dealkylation sites (tertiary alicyclic amines) is 1. The summed E-state index contributed by atoms with van der Waals surface area (Å²) in [5, 5.41) is 7.73. The Kier molecular flexibility index (Phi) is 4.35. The number of benzene rings is 1. The maximum absolute atomic E-state index is 12.9. The molecule has 1 fully saturated rings. The van der Waals surface area contributed by atoms with Gasteiger partial charge in [-0.3, -0.25) is 9.78 Å².